The molecule has 1 amide bonds. The lowest BCUT2D eigenvalue weighted by atomic mass is 10.3. The maximum absolute atomic E-state index is 13.0. The molecule has 8 heteroatoms. The van der Waals surface area contributed by atoms with Crippen LogP contribution in [0.4, 0.5) is 10.8 Å². The fraction of sp³-hybridized carbons (Fsp3) is 0.111. The SMILES string of the molecule is Cc1csc(N(C(=O)CSc2nnc3ccccn23)c2ccccc2)n1. The number of pyridine rings is 1. The van der Waals surface area contributed by atoms with Crippen molar-refractivity contribution in [3.05, 3.63) is 65.8 Å². The minimum absolute atomic E-state index is 0.0526. The second-order valence-electron chi connectivity index (χ2n) is 5.54. The molecule has 4 aromatic rings. The van der Waals surface area contributed by atoms with Gasteiger partial charge in [-0.05, 0) is 31.2 Å². The van der Waals surface area contributed by atoms with Crippen molar-refractivity contribution < 1.29 is 4.79 Å². The summed E-state index contributed by atoms with van der Waals surface area (Å²) in [5.74, 6) is 0.187. The lowest BCUT2D eigenvalue weighted by Gasteiger charge is -2.19. The second-order valence-corrected chi connectivity index (χ2v) is 7.32. The van der Waals surface area contributed by atoms with Crippen LogP contribution < -0.4 is 4.90 Å². The fourth-order valence-corrected chi connectivity index (χ4v) is 4.10. The third-order valence-electron chi connectivity index (χ3n) is 3.67. The van der Waals surface area contributed by atoms with Crippen LogP contribution in [0, 0.1) is 6.92 Å². The molecule has 0 radical (unpaired) electrons. The molecule has 0 unspecified atom stereocenters. The second kappa shape index (κ2) is 7.27. The van der Waals surface area contributed by atoms with Crippen molar-refractivity contribution in [2.75, 3.05) is 10.7 Å². The van der Waals surface area contributed by atoms with Crippen molar-refractivity contribution in [3.63, 3.8) is 0 Å². The molecule has 130 valence electrons. The van der Waals surface area contributed by atoms with E-state index in [1.54, 1.807) is 4.90 Å². The Kier molecular flexibility index (Phi) is 4.68. The molecule has 0 aliphatic rings. The number of hydrogen-bond donors (Lipinski definition) is 0. The highest BCUT2D eigenvalue weighted by Gasteiger charge is 2.21. The number of aromatic nitrogens is 4. The Balaban J connectivity index is 1.59. The van der Waals surface area contributed by atoms with Crippen molar-refractivity contribution in [2.24, 2.45) is 0 Å². The van der Waals surface area contributed by atoms with Crippen LogP contribution in [-0.2, 0) is 4.79 Å². The molecule has 0 atom stereocenters. The van der Waals surface area contributed by atoms with Gasteiger partial charge in [0.2, 0.25) is 5.91 Å². The summed E-state index contributed by atoms with van der Waals surface area (Å²) in [5.41, 5.74) is 2.46. The van der Waals surface area contributed by atoms with Gasteiger partial charge in [0.15, 0.2) is 15.9 Å². The normalized spacial score (nSPS) is 11.0. The molecule has 26 heavy (non-hydrogen) atoms. The molecular weight excluding hydrogens is 366 g/mol. The van der Waals surface area contributed by atoms with Crippen LogP contribution >= 0.6 is 23.1 Å². The molecule has 3 aromatic heterocycles. The minimum atomic E-state index is -0.0526. The third-order valence-corrected chi connectivity index (χ3v) is 5.54. The first-order valence-electron chi connectivity index (χ1n) is 7.95. The molecule has 3 heterocycles. The van der Waals surface area contributed by atoms with Crippen LogP contribution in [0.15, 0.2) is 65.3 Å². The van der Waals surface area contributed by atoms with Gasteiger partial charge in [0.25, 0.3) is 0 Å². The predicted molar refractivity (Wildman–Crippen MR) is 104 cm³/mol. The number of carbonyl (C=O) groups excluding carboxylic acids is 1. The predicted octanol–water partition coefficient (Wildman–Crippen LogP) is 3.95. The van der Waals surface area contributed by atoms with E-state index in [0.29, 0.717) is 10.3 Å². The summed E-state index contributed by atoms with van der Waals surface area (Å²) in [7, 11) is 0. The number of fused-ring (bicyclic) bond motifs is 1. The smallest absolute Gasteiger partial charge is 0.243 e. The number of aryl methyl sites for hydroxylation is 1. The Morgan fingerprint density at radius 1 is 1.15 bits per heavy atom. The molecule has 0 fully saturated rings. The molecule has 4 rings (SSSR count). The van der Waals surface area contributed by atoms with Gasteiger partial charge in [0.05, 0.1) is 17.1 Å². The summed E-state index contributed by atoms with van der Waals surface area (Å²) in [6.07, 6.45) is 1.89. The number of thioether (sulfide) groups is 1. The summed E-state index contributed by atoms with van der Waals surface area (Å²) in [4.78, 5) is 19.1. The Morgan fingerprint density at radius 3 is 2.73 bits per heavy atom. The van der Waals surface area contributed by atoms with Gasteiger partial charge in [0.1, 0.15) is 0 Å². The standard InChI is InChI=1S/C18H15N5OS2/c1-13-11-25-17(19-13)23(14-7-3-2-4-8-14)16(24)12-26-18-21-20-15-9-5-6-10-22(15)18/h2-11H,12H2,1H3. The third kappa shape index (κ3) is 3.33. The van der Waals surface area contributed by atoms with Gasteiger partial charge in [-0.3, -0.25) is 14.1 Å². The number of anilines is 2. The van der Waals surface area contributed by atoms with E-state index in [-0.39, 0.29) is 11.7 Å². The van der Waals surface area contributed by atoms with Crippen molar-refractivity contribution in [1.29, 1.82) is 0 Å². The largest absolute Gasteiger partial charge is 0.277 e. The van der Waals surface area contributed by atoms with Gasteiger partial charge in [-0.1, -0.05) is 36.0 Å². The monoisotopic (exact) mass is 381 g/mol. The quantitative estimate of drug-likeness (QED) is 0.490. The Hall–Kier alpha value is -2.71. The summed E-state index contributed by atoms with van der Waals surface area (Å²) < 4.78 is 1.87. The van der Waals surface area contributed by atoms with E-state index in [1.165, 1.54) is 23.1 Å². The zero-order valence-corrected chi connectivity index (χ0v) is 15.6. The van der Waals surface area contributed by atoms with Crippen LogP contribution in [-0.4, -0.2) is 31.2 Å². The van der Waals surface area contributed by atoms with E-state index in [9.17, 15) is 4.79 Å². The molecule has 0 bridgehead atoms. The van der Waals surface area contributed by atoms with Crippen LogP contribution in [0.3, 0.4) is 0 Å². The van der Waals surface area contributed by atoms with Gasteiger partial charge in [-0.2, -0.15) is 0 Å². The Bertz CT molecular complexity index is 1040. The number of para-hydroxylation sites is 1. The molecular formula is C18H15N5OS2. The van der Waals surface area contributed by atoms with Crippen LogP contribution in [0.2, 0.25) is 0 Å². The number of hydrogen-bond acceptors (Lipinski definition) is 6. The van der Waals surface area contributed by atoms with E-state index >= 15 is 0 Å². The summed E-state index contributed by atoms with van der Waals surface area (Å²) in [6.45, 7) is 1.92. The van der Waals surface area contributed by atoms with Gasteiger partial charge in [0, 0.05) is 11.6 Å². The molecule has 0 aliphatic carbocycles. The van der Waals surface area contributed by atoms with E-state index < -0.39 is 0 Å². The maximum atomic E-state index is 13.0. The molecule has 0 N–H and O–H groups in total. The number of thiazole rings is 1. The lowest BCUT2D eigenvalue weighted by Crippen LogP contribution is -2.27. The highest BCUT2D eigenvalue weighted by atomic mass is 32.2. The first-order chi connectivity index (χ1) is 12.7. The number of amides is 1. The van der Waals surface area contributed by atoms with E-state index in [2.05, 4.69) is 15.2 Å². The topological polar surface area (TPSA) is 63.4 Å². The van der Waals surface area contributed by atoms with Crippen molar-refractivity contribution in [1.82, 2.24) is 19.6 Å². The van der Waals surface area contributed by atoms with E-state index in [0.717, 1.165) is 17.0 Å². The molecule has 0 saturated carbocycles. The number of benzene rings is 1. The number of carbonyl (C=O) groups is 1. The van der Waals surface area contributed by atoms with Gasteiger partial charge >= 0.3 is 0 Å². The Morgan fingerprint density at radius 2 is 1.96 bits per heavy atom. The highest BCUT2D eigenvalue weighted by molar-refractivity contribution is 7.99. The highest BCUT2D eigenvalue weighted by Crippen LogP contribution is 2.30. The fourth-order valence-electron chi connectivity index (χ4n) is 2.49. The lowest BCUT2D eigenvalue weighted by molar-refractivity contribution is -0.115. The van der Waals surface area contributed by atoms with Gasteiger partial charge in [-0.25, -0.2) is 4.98 Å². The van der Waals surface area contributed by atoms with Crippen LogP contribution in [0.1, 0.15) is 5.69 Å². The average Bonchev–Trinajstić information content (AvgIpc) is 3.27. The van der Waals surface area contributed by atoms with E-state index in [1.807, 2.05) is 71.4 Å². The summed E-state index contributed by atoms with van der Waals surface area (Å²) >= 11 is 2.82. The van der Waals surface area contributed by atoms with Gasteiger partial charge < -0.3 is 0 Å². The van der Waals surface area contributed by atoms with Crippen molar-refractivity contribution in [3.8, 4) is 0 Å². The number of nitrogens with zero attached hydrogens (tertiary/aromatic N) is 5. The van der Waals surface area contributed by atoms with Crippen LogP contribution in [0.25, 0.3) is 5.65 Å². The average molecular weight is 381 g/mol. The van der Waals surface area contributed by atoms with Crippen molar-refractivity contribution >= 4 is 45.5 Å². The van der Waals surface area contributed by atoms with Gasteiger partial charge in [-0.15, -0.1) is 21.5 Å². The molecule has 6 nitrogen and oxygen atoms in total. The molecule has 0 saturated heterocycles. The van der Waals surface area contributed by atoms with Crippen LogP contribution in [0.5, 0.6) is 0 Å². The van der Waals surface area contributed by atoms with E-state index in [4.69, 9.17) is 0 Å². The van der Waals surface area contributed by atoms with Crippen molar-refractivity contribution in [2.45, 2.75) is 12.1 Å². The first kappa shape index (κ1) is 16.7. The Labute approximate surface area is 158 Å². The molecule has 1 aromatic carbocycles. The number of rotatable bonds is 5. The zero-order valence-electron chi connectivity index (χ0n) is 13.9. The maximum Gasteiger partial charge on any atom is 0.243 e. The summed E-state index contributed by atoms with van der Waals surface area (Å²) in [6, 6.07) is 15.3. The first-order valence-corrected chi connectivity index (χ1v) is 9.81. The zero-order chi connectivity index (χ0) is 17.9. The molecule has 0 aliphatic heterocycles. The minimum Gasteiger partial charge on any atom is -0.277 e. The molecule has 0 spiro atoms. The summed E-state index contributed by atoms with van der Waals surface area (Å²) in [5, 5.41) is 11.6.